The van der Waals surface area contributed by atoms with Gasteiger partial charge in [0.05, 0.1) is 13.2 Å². The molecule has 27 heavy (non-hydrogen) atoms. The molecule has 140 valence electrons. The number of nitrogens with one attached hydrogen (secondary N) is 1. The van der Waals surface area contributed by atoms with Gasteiger partial charge in [-0.2, -0.15) is 4.98 Å². The lowest BCUT2D eigenvalue weighted by Gasteiger charge is -2.09. The fraction of sp³-hybridized carbons (Fsp3) is 0.421. The second kappa shape index (κ2) is 7.96. The predicted octanol–water partition coefficient (Wildman–Crippen LogP) is 3.52. The van der Waals surface area contributed by atoms with Gasteiger partial charge in [0, 0.05) is 23.9 Å². The van der Waals surface area contributed by atoms with E-state index in [9.17, 15) is 0 Å². The van der Waals surface area contributed by atoms with Crippen LogP contribution in [-0.4, -0.2) is 31.8 Å². The van der Waals surface area contributed by atoms with Gasteiger partial charge in [0.1, 0.15) is 21.7 Å². The first-order chi connectivity index (χ1) is 13.2. The standard InChI is InChI=1S/C19H22N6OS/c1-12-22-17(21-11-19-25-24-13(2)27-19)10-18(23-12)26-8-6-14-9-15(14)16-5-3-4-7-20-16/h3-5,7,10,14-15H,6,8-9,11H2,1-2H3,(H,21,22,23). The van der Waals surface area contributed by atoms with E-state index in [1.54, 1.807) is 11.3 Å². The Bertz CT molecular complexity index is 900. The maximum atomic E-state index is 5.88. The Hall–Kier alpha value is -2.61. The molecular formula is C19H22N6OS. The zero-order valence-electron chi connectivity index (χ0n) is 15.4. The molecule has 0 aliphatic heterocycles. The highest BCUT2D eigenvalue weighted by molar-refractivity contribution is 7.11. The second-order valence-electron chi connectivity index (χ2n) is 6.70. The van der Waals surface area contributed by atoms with Gasteiger partial charge in [-0.3, -0.25) is 4.98 Å². The molecule has 3 heterocycles. The predicted molar refractivity (Wildman–Crippen MR) is 104 cm³/mol. The molecule has 8 heteroatoms. The first kappa shape index (κ1) is 17.8. The van der Waals surface area contributed by atoms with E-state index in [2.05, 4.69) is 42.6 Å². The van der Waals surface area contributed by atoms with Crippen LogP contribution < -0.4 is 10.1 Å². The van der Waals surface area contributed by atoms with E-state index in [1.165, 1.54) is 12.1 Å². The van der Waals surface area contributed by atoms with Crippen LogP contribution in [0.3, 0.4) is 0 Å². The number of aryl methyl sites for hydroxylation is 2. The lowest BCUT2D eigenvalue weighted by atomic mass is 10.2. The van der Waals surface area contributed by atoms with Crippen LogP contribution in [0.2, 0.25) is 0 Å². The van der Waals surface area contributed by atoms with E-state index >= 15 is 0 Å². The third kappa shape index (κ3) is 4.77. The van der Waals surface area contributed by atoms with Crippen molar-refractivity contribution in [3.05, 3.63) is 52.0 Å². The minimum atomic E-state index is 0.578. The Kier molecular flexibility index (Phi) is 5.24. The monoisotopic (exact) mass is 382 g/mol. The summed E-state index contributed by atoms with van der Waals surface area (Å²) in [4.78, 5) is 13.2. The number of anilines is 1. The molecule has 4 rings (SSSR count). The molecule has 2 atom stereocenters. The van der Waals surface area contributed by atoms with Crippen molar-refractivity contribution >= 4 is 17.2 Å². The van der Waals surface area contributed by atoms with E-state index < -0.39 is 0 Å². The van der Waals surface area contributed by atoms with Gasteiger partial charge < -0.3 is 10.1 Å². The van der Waals surface area contributed by atoms with Crippen molar-refractivity contribution in [2.24, 2.45) is 5.92 Å². The second-order valence-corrected chi connectivity index (χ2v) is 7.97. The molecule has 3 aromatic heterocycles. The summed E-state index contributed by atoms with van der Waals surface area (Å²) >= 11 is 1.57. The number of ether oxygens (including phenoxy) is 1. The normalized spacial score (nSPS) is 18.3. The Morgan fingerprint density at radius 3 is 2.93 bits per heavy atom. The Labute approximate surface area is 162 Å². The molecule has 0 saturated heterocycles. The molecule has 1 aliphatic rings. The zero-order chi connectivity index (χ0) is 18.6. The van der Waals surface area contributed by atoms with Crippen molar-refractivity contribution in [1.29, 1.82) is 0 Å². The molecule has 1 N–H and O–H groups in total. The number of rotatable bonds is 8. The van der Waals surface area contributed by atoms with Crippen LogP contribution >= 0.6 is 11.3 Å². The van der Waals surface area contributed by atoms with Crippen molar-refractivity contribution in [1.82, 2.24) is 25.1 Å². The van der Waals surface area contributed by atoms with Crippen LogP contribution in [-0.2, 0) is 6.54 Å². The molecule has 3 aromatic rings. The van der Waals surface area contributed by atoms with Gasteiger partial charge >= 0.3 is 0 Å². The average Bonchev–Trinajstić information content (AvgIpc) is 3.32. The summed E-state index contributed by atoms with van der Waals surface area (Å²) in [7, 11) is 0. The number of aromatic nitrogens is 5. The number of hydrogen-bond acceptors (Lipinski definition) is 8. The van der Waals surface area contributed by atoms with Crippen molar-refractivity contribution in [2.75, 3.05) is 11.9 Å². The summed E-state index contributed by atoms with van der Waals surface area (Å²) in [5, 5.41) is 13.3. The Morgan fingerprint density at radius 2 is 2.15 bits per heavy atom. The van der Waals surface area contributed by atoms with Crippen molar-refractivity contribution in [3.8, 4) is 5.88 Å². The summed E-state index contributed by atoms with van der Waals surface area (Å²) in [6, 6.07) is 7.95. The number of pyridine rings is 1. The Balaban J connectivity index is 1.27. The highest BCUT2D eigenvalue weighted by Gasteiger charge is 2.38. The lowest BCUT2D eigenvalue weighted by molar-refractivity contribution is 0.289. The fourth-order valence-electron chi connectivity index (χ4n) is 3.12. The van der Waals surface area contributed by atoms with Gasteiger partial charge in [-0.1, -0.05) is 17.4 Å². The largest absolute Gasteiger partial charge is 0.478 e. The molecule has 0 amide bonds. The molecule has 0 radical (unpaired) electrons. The molecule has 1 saturated carbocycles. The van der Waals surface area contributed by atoms with Gasteiger partial charge in [0.15, 0.2) is 0 Å². The van der Waals surface area contributed by atoms with E-state index in [1.807, 2.05) is 32.2 Å². The third-order valence-electron chi connectivity index (χ3n) is 4.53. The van der Waals surface area contributed by atoms with Crippen LogP contribution in [0, 0.1) is 19.8 Å². The Morgan fingerprint density at radius 1 is 1.22 bits per heavy atom. The lowest BCUT2D eigenvalue weighted by Crippen LogP contribution is -2.06. The van der Waals surface area contributed by atoms with Gasteiger partial charge in [0.25, 0.3) is 0 Å². The van der Waals surface area contributed by atoms with Gasteiger partial charge in [0.2, 0.25) is 5.88 Å². The molecule has 0 aromatic carbocycles. The summed E-state index contributed by atoms with van der Waals surface area (Å²) in [6.45, 7) is 5.06. The first-order valence-electron chi connectivity index (χ1n) is 9.09. The zero-order valence-corrected chi connectivity index (χ0v) is 16.2. The van der Waals surface area contributed by atoms with E-state index in [0.717, 1.165) is 22.3 Å². The maximum absolute atomic E-state index is 5.88. The molecular weight excluding hydrogens is 360 g/mol. The quantitative estimate of drug-likeness (QED) is 0.638. The number of nitrogens with zero attached hydrogens (tertiary/aromatic N) is 5. The summed E-state index contributed by atoms with van der Waals surface area (Å²) in [6.07, 6.45) is 4.07. The SMILES string of the molecule is Cc1nc(NCc2nnc(C)s2)cc(OCCC2CC2c2ccccn2)n1. The molecule has 1 fully saturated rings. The number of hydrogen-bond donors (Lipinski definition) is 1. The highest BCUT2D eigenvalue weighted by atomic mass is 32.1. The molecule has 0 spiro atoms. The summed E-state index contributed by atoms with van der Waals surface area (Å²) in [5.41, 5.74) is 1.19. The van der Waals surface area contributed by atoms with E-state index in [-0.39, 0.29) is 0 Å². The summed E-state index contributed by atoms with van der Waals surface area (Å²) < 4.78 is 5.88. The smallest absolute Gasteiger partial charge is 0.218 e. The maximum Gasteiger partial charge on any atom is 0.218 e. The van der Waals surface area contributed by atoms with Gasteiger partial charge in [-0.25, -0.2) is 4.98 Å². The van der Waals surface area contributed by atoms with Gasteiger partial charge in [-0.05, 0) is 44.7 Å². The van der Waals surface area contributed by atoms with Crippen molar-refractivity contribution in [2.45, 2.75) is 39.2 Å². The molecule has 1 aliphatic carbocycles. The van der Waals surface area contributed by atoms with E-state index in [0.29, 0.717) is 36.7 Å². The minimum absolute atomic E-state index is 0.578. The van der Waals surface area contributed by atoms with Crippen LogP contribution in [0.25, 0.3) is 0 Å². The minimum Gasteiger partial charge on any atom is -0.478 e. The van der Waals surface area contributed by atoms with Crippen molar-refractivity contribution < 1.29 is 4.74 Å². The van der Waals surface area contributed by atoms with Crippen LogP contribution in [0.5, 0.6) is 5.88 Å². The summed E-state index contributed by atoms with van der Waals surface area (Å²) in [5.74, 6) is 3.26. The fourth-order valence-corrected chi connectivity index (χ4v) is 3.77. The van der Waals surface area contributed by atoms with Crippen LogP contribution in [0.1, 0.15) is 40.3 Å². The van der Waals surface area contributed by atoms with Crippen LogP contribution in [0.4, 0.5) is 5.82 Å². The third-order valence-corrected chi connectivity index (χ3v) is 5.37. The topological polar surface area (TPSA) is 85.7 Å². The first-order valence-corrected chi connectivity index (χ1v) is 9.91. The molecule has 7 nitrogen and oxygen atoms in total. The van der Waals surface area contributed by atoms with Gasteiger partial charge in [-0.15, -0.1) is 10.2 Å². The highest BCUT2D eigenvalue weighted by Crippen LogP contribution is 2.48. The molecule has 0 bridgehead atoms. The van der Waals surface area contributed by atoms with Crippen molar-refractivity contribution in [3.63, 3.8) is 0 Å². The molecule has 2 unspecified atom stereocenters. The van der Waals surface area contributed by atoms with Crippen LogP contribution in [0.15, 0.2) is 30.5 Å². The van der Waals surface area contributed by atoms with E-state index in [4.69, 9.17) is 4.74 Å². The average molecular weight is 382 g/mol.